The molecule has 0 unspecified atom stereocenters. The molecule has 0 aliphatic rings. The fraction of sp³-hybridized carbons (Fsp3) is 0.250. The molecule has 1 aromatic carbocycles. The maximum atomic E-state index is 13.6. The highest BCUT2D eigenvalue weighted by Crippen LogP contribution is 2.22. The van der Waals surface area contributed by atoms with Crippen LogP contribution in [0.1, 0.15) is 35.5 Å². The standard InChI is InChI=1S/C16H14F2N2O3/c1-2-3-15-19-12-6-10(17)11(18)7-13(12)20(15)8-9-4-5-14(23-9)16(21)22/h4-7H,2-3,8H2,1H3,(H,21,22). The van der Waals surface area contributed by atoms with Crippen LogP contribution >= 0.6 is 0 Å². The molecule has 0 spiro atoms. The van der Waals surface area contributed by atoms with Gasteiger partial charge < -0.3 is 14.1 Å². The number of carboxylic acid groups (broad SMARTS) is 1. The molecule has 5 nitrogen and oxygen atoms in total. The van der Waals surface area contributed by atoms with Crippen molar-refractivity contribution < 1.29 is 23.1 Å². The monoisotopic (exact) mass is 320 g/mol. The highest BCUT2D eigenvalue weighted by Gasteiger charge is 2.16. The smallest absolute Gasteiger partial charge is 0.371 e. The van der Waals surface area contributed by atoms with Gasteiger partial charge in [-0.15, -0.1) is 0 Å². The van der Waals surface area contributed by atoms with Gasteiger partial charge in [0.25, 0.3) is 0 Å². The summed E-state index contributed by atoms with van der Waals surface area (Å²) < 4.78 is 33.9. The number of aryl methyl sites for hydroxylation is 1. The molecule has 0 saturated heterocycles. The lowest BCUT2D eigenvalue weighted by Gasteiger charge is -2.07. The van der Waals surface area contributed by atoms with Crippen LogP contribution < -0.4 is 0 Å². The number of nitrogens with zero attached hydrogens (tertiary/aromatic N) is 2. The summed E-state index contributed by atoms with van der Waals surface area (Å²) in [7, 11) is 0. The fourth-order valence-electron chi connectivity index (χ4n) is 2.49. The average Bonchev–Trinajstić information content (AvgIpc) is 3.08. The zero-order chi connectivity index (χ0) is 16.6. The zero-order valence-electron chi connectivity index (χ0n) is 12.3. The van der Waals surface area contributed by atoms with E-state index in [1.807, 2.05) is 6.92 Å². The molecule has 0 amide bonds. The Kier molecular flexibility index (Phi) is 3.85. The Bertz CT molecular complexity index is 883. The summed E-state index contributed by atoms with van der Waals surface area (Å²) in [5, 5.41) is 8.90. The first-order valence-corrected chi connectivity index (χ1v) is 7.15. The van der Waals surface area contributed by atoms with Gasteiger partial charge in [0.1, 0.15) is 11.6 Å². The van der Waals surface area contributed by atoms with Crippen molar-refractivity contribution >= 4 is 17.0 Å². The second-order valence-electron chi connectivity index (χ2n) is 5.19. The molecule has 3 rings (SSSR count). The molecule has 0 saturated carbocycles. The van der Waals surface area contributed by atoms with Crippen LogP contribution in [-0.4, -0.2) is 20.6 Å². The second kappa shape index (κ2) is 5.83. The predicted molar refractivity (Wildman–Crippen MR) is 78.4 cm³/mol. The van der Waals surface area contributed by atoms with Crippen molar-refractivity contribution in [2.75, 3.05) is 0 Å². The van der Waals surface area contributed by atoms with E-state index in [2.05, 4.69) is 4.98 Å². The van der Waals surface area contributed by atoms with E-state index < -0.39 is 17.6 Å². The van der Waals surface area contributed by atoms with Crippen LogP contribution in [0.5, 0.6) is 0 Å². The van der Waals surface area contributed by atoms with Gasteiger partial charge in [0.15, 0.2) is 11.6 Å². The minimum atomic E-state index is -1.16. The summed E-state index contributed by atoms with van der Waals surface area (Å²) >= 11 is 0. The summed E-state index contributed by atoms with van der Waals surface area (Å²) in [6.45, 7) is 2.17. The number of furan rings is 1. The van der Waals surface area contributed by atoms with E-state index in [0.717, 1.165) is 18.6 Å². The van der Waals surface area contributed by atoms with Crippen molar-refractivity contribution in [2.45, 2.75) is 26.3 Å². The van der Waals surface area contributed by atoms with Gasteiger partial charge in [-0.05, 0) is 18.6 Å². The first-order valence-electron chi connectivity index (χ1n) is 7.15. The molecule has 120 valence electrons. The first kappa shape index (κ1) is 15.2. The number of fused-ring (bicyclic) bond motifs is 1. The number of aromatic carboxylic acids is 1. The van der Waals surface area contributed by atoms with Crippen LogP contribution in [0.3, 0.4) is 0 Å². The molecule has 1 N–H and O–H groups in total. The Morgan fingerprint density at radius 1 is 1.30 bits per heavy atom. The van der Waals surface area contributed by atoms with Crippen molar-refractivity contribution in [3.05, 3.63) is 53.2 Å². The lowest BCUT2D eigenvalue weighted by atomic mass is 10.3. The Balaban J connectivity index is 2.07. The number of hydrogen-bond donors (Lipinski definition) is 1. The number of carboxylic acids is 1. The average molecular weight is 320 g/mol. The second-order valence-corrected chi connectivity index (χ2v) is 5.19. The van der Waals surface area contributed by atoms with E-state index >= 15 is 0 Å². The number of imidazole rings is 1. The predicted octanol–water partition coefficient (Wildman–Crippen LogP) is 3.61. The molecule has 0 fully saturated rings. The fourth-order valence-corrected chi connectivity index (χ4v) is 2.49. The van der Waals surface area contributed by atoms with E-state index in [9.17, 15) is 13.6 Å². The molecule has 23 heavy (non-hydrogen) atoms. The van der Waals surface area contributed by atoms with Crippen LogP contribution in [0.4, 0.5) is 8.78 Å². The van der Waals surface area contributed by atoms with Gasteiger partial charge in [-0.25, -0.2) is 18.6 Å². The Labute approximate surface area is 130 Å². The lowest BCUT2D eigenvalue weighted by molar-refractivity contribution is 0.0660. The molecule has 0 aliphatic carbocycles. The third kappa shape index (κ3) is 2.81. The third-order valence-electron chi connectivity index (χ3n) is 3.53. The van der Waals surface area contributed by atoms with Crippen molar-refractivity contribution in [1.29, 1.82) is 0 Å². The van der Waals surface area contributed by atoms with Gasteiger partial charge in [0, 0.05) is 18.6 Å². The first-order chi connectivity index (χ1) is 11.0. The van der Waals surface area contributed by atoms with Crippen molar-refractivity contribution in [1.82, 2.24) is 9.55 Å². The largest absolute Gasteiger partial charge is 0.475 e. The van der Waals surface area contributed by atoms with Gasteiger partial charge in [-0.3, -0.25) is 0 Å². The van der Waals surface area contributed by atoms with Crippen LogP contribution in [0.15, 0.2) is 28.7 Å². The Morgan fingerprint density at radius 3 is 2.70 bits per heavy atom. The molecular weight excluding hydrogens is 306 g/mol. The highest BCUT2D eigenvalue weighted by molar-refractivity contribution is 5.84. The van der Waals surface area contributed by atoms with E-state index in [1.54, 1.807) is 10.6 Å². The minimum Gasteiger partial charge on any atom is -0.475 e. The molecule has 0 aliphatic heterocycles. The molecule has 2 heterocycles. The summed E-state index contributed by atoms with van der Waals surface area (Å²) in [5.41, 5.74) is 0.804. The highest BCUT2D eigenvalue weighted by atomic mass is 19.2. The number of benzene rings is 1. The number of carbonyl (C=O) groups is 1. The molecule has 3 aromatic rings. The van der Waals surface area contributed by atoms with Crippen LogP contribution in [0, 0.1) is 11.6 Å². The summed E-state index contributed by atoms with van der Waals surface area (Å²) in [6.07, 6.45) is 1.44. The van der Waals surface area contributed by atoms with Crippen molar-refractivity contribution in [3.8, 4) is 0 Å². The maximum Gasteiger partial charge on any atom is 0.371 e. The van der Waals surface area contributed by atoms with E-state index in [1.165, 1.54) is 6.07 Å². The summed E-state index contributed by atoms with van der Waals surface area (Å²) in [5.74, 6) is -2.15. The normalized spacial score (nSPS) is 11.3. The Hall–Kier alpha value is -2.70. The van der Waals surface area contributed by atoms with Crippen molar-refractivity contribution in [2.24, 2.45) is 0 Å². The van der Waals surface area contributed by atoms with Crippen LogP contribution in [-0.2, 0) is 13.0 Å². The maximum absolute atomic E-state index is 13.6. The zero-order valence-corrected chi connectivity index (χ0v) is 12.3. The van der Waals surface area contributed by atoms with E-state index in [-0.39, 0.29) is 12.3 Å². The molecular formula is C16H14F2N2O3. The van der Waals surface area contributed by atoms with Crippen molar-refractivity contribution in [3.63, 3.8) is 0 Å². The quantitative estimate of drug-likeness (QED) is 0.780. The number of hydrogen-bond acceptors (Lipinski definition) is 3. The minimum absolute atomic E-state index is 0.168. The molecule has 7 heteroatoms. The van der Waals surface area contributed by atoms with Crippen LogP contribution in [0.2, 0.25) is 0 Å². The SMILES string of the molecule is CCCc1nc2cc(F)c(F)cc2n1Cc1ccc(C(=O)O)o1. The number of rotatable bonds is 5. The van der Waals surface area contributed by atoms with Gasteiger partial charge >= 0.3 is 5.97 Å². The molecule has 0 radical (unpaired) electrons. The number of aromatic nitrogens is 2. The Morgan fingerprint density at radius 2 is 2.04 bits per heavy atom. The van der Waals surface area contributed by atoms with Gasteiger partial charge in [-0.2, -0.15) is 0 Å². The van der Waals surface area contributed by atoms with Gasteiger partial charge in [0.05, 0.1) is 17.6 Å². The third-order valence-corrected chi connectivity index (χ3v) is 3.53. The topological polar surface area (TPSA) is 68.3 Å². The molecule has 0 atom stereocenters. The number of halogens is 2. The summed E-state index contributed by atoms with van der Waals surface area (Å²) in [6, 6.07) is 5.06. The van der Waals surface area contributed by atoms with E-state index in [0.29, 0.717) is 29.0 Å². The van der Waals surface area contributed by atoms with Gasteiger partial charge in [0.2, 0.25) is 5.76 Å². The van der Waals surface area contributed by atoms with Crippen LogP contribution in [0.25, 0.3) is 11.0 Å². The lowest BCUT2D eigenvalue weighted by Crippen LogP contribution is -2.05. The molecule has 2 aromatic heterocycles. The summed E-state index contributed by atoms with van der Waals surface area (Å²) in [4.78, 5) is 15.2. The molecule has 0 bridgehead atoms. The van der Waals surface area contributed by atoms with Gasteiger partial charge in [-0.1, -0.05) is 6.92 Å². The van der Waals surface area contributed by atoms with E-state index in [4.69, 9.17) is 9.52 Å².